The predicted molar refractivity (Wildman–Crippen MR) is 109 cm³/mol. The van der Waals surface area contributed by atoms with Gasteiger partial charge in [0, 0.05) is 45.3 Å². The number of likely N-dealkylation sites (N-methyl/N-ethyl adjacent to an activating group) is 1. The largest absolute Gasteiger partial charge is 0.494 e. The molecule has 0 aliphatic carbocycles. The fraction of sp³-hybridized carbons (Fsp3) is 0.650. The number of ether oxygens (including phenoxy) is 1. The Morgan fingerprint density at radius 3 is 2.81 bits per heavy atom. The van der Waals surface area contributed by atoms with E-state index in [1.807, 2.05) is 14.0 Å². The number of nitrogens with one attached hydrogen (secondary N) is 2. The molecular weight excluding hydrogens is 326 g/mol. The number of nitrogens with zero attached hydrogens (tertiary/aromatic N) is 3. The highest BCUT2D eigenvalue weighted by Gasteiger charge is 2.11. The van der Waals surface area contributed by atoms with Gasteiger partial charge in [-0.05, 0) is 52.0 Å². The third kappa shape index (κ3) is 6.84. The van der Waals surface area contributed by atoms with Crippen molar-refractivity contribution in [1.29, 1.82) is 0 Å². The third-order valence-electron chi connectivity index (χ3n) is 4.72. The number of guanidine groups is 1. The maximum Gasteiger partial charge on any atom is 0.191 e. The maximum absolute atomic E-state index is 5.75. The number of benzene rings is 1. The standard InChI is InChI=1S/C20H35N5O/c1-5-26-19-15-17(2)7-8-18(19)16-23-20(21-3)22-9-12-25-11-6-10-24(4)13-14-25/h7-8,15H,5-6,9-14,16H2,1-4H3,(H2,21,22,23). The molecule has 0 spiro atoms. The molecule has 1 aromatic rings. The normalized spacial score (nSPS) is 17.0. The highest BCUT2D eigenvalue weighted by Crippen LogP contribution is 2.20. The summed E-state index contributed by atoms with van der Waals surface area (Å²) >= 11 is 0. The van der Waals surface area contributed by atoms with Crippen LogP contribution in [0.2, 0.25) is 0 Å². The van der Waals surface area contributed by atoms with Crippen LogP contribution in [0.1, 0.15) is 24.5 Å². The first-order valence-corrected chi connectivity index (χ1v) is 9.70. The average molecular weight is 362 g/mol. The van der Waals surface area contributed by atoms with Gasteiger partial charge in [0.05, 0.1) is 6.61 Å². The van der Waals surface area contributed by atoms with Crippen molar-refractivity contribution >= 4 is 5.96 Å². The number of hydrogen-bond donors (Lipinski definition) is 2. The lowest BCUT2D eigenvalue weighted by Gasteiger charge is -2.21. The fourth-order valence-corrected chi connectivity index (χ4v) is 3.15. The minimum atomic E-state index is 0.675. The molecule has 0 amide bonds. The Kier molecular flexibility index (Phi) is 8.71. The van der Waals surface area contributed by atoms with Gasteiger partial charge in [0.1, 0.15) is 5.75 Å². The lowest BCUT2D eigenvalue weighted by atomic mass is 10.1. The first kappa shape index (κ1) is 20.5. The summed E-state index contributed by atoms with van der Waals surface area (Å²) in [6.07, 6.45) is 1.25. The van der Waals surface area contributed by atoms with Crippen molar-refractivity contribution in [2.75, 3.05) is 60.0 Å². The molecule has 1 aromatic carbocycles. The molecule has 0 radical (unpaired) electrons. The average Bonchev–Trinajstić information content (AvgIpc) is 2.84. The predicted octanol–water partition coefficient (Wildman–Crippen LogP) is 1.70. The molecule has 0 aromatic heterocycles. The lowest BCUT2D eigenvalue weighted by molar-refractivity contribution is 0.280. The van der Waals surface area contributed by atoms with E-state index in [4.69, 9.17) is 4.74 Å². The number of aliphatic imine (C=N–C) groups is 1. The monoisotopic (exact) mass is 361 g/mol. The van der Waals surface area contributed by atoms with Crippen LogP contribution in [0.3, 0.4) is 0 Å². The van der Waals surface area contributed by atoms with Crippen LogP contribution in [0.4, 0.5) is 0 Å². The Morgan fingerprint density at radius 1 is 1.19 bits per heavy atom. The molecule has 1 aliphatic rings. The zero-order chi connectivity index (χ0) is 18.8. The highest BCUT2D eigenvalue weighted by atomic mass is 16.5. The van der Waals surface area contributed by atoms with Gasteiger partial charge < -0.3 is 25.2 Å². The summed E-state index contributed by atoms with van der Waals surface area (Å²) in [6, 6.07) is 6.33. The van der Waals surface area contributed by atoms with E-state index in [0.717, 1.165) is 43.5 Å². The van der Waals surface area contributed by atoms with E-state index in [0.29, 0.717) is 13.2 Å². The van der Waals surface area contributed by atoms with Gasteiger partial charge in [0.15, 0.2) is 5.96 Å². The van der Waals surface area contributed by atoms with E-state index in [1.54, 1.807) is 0 Å². The molecule has 1 fully saturated rings. The van der Waals surface area contributed by atoms with Crippen molar-refractivity contribution in [1.82, 2.24) is 20.4 Å². The molecule has 1 aliphatic heterocycles. The summed E-state index contributed by atoms with van der Waals surface area (Å²) < 4.78 is 5.75. The molecule has 0 atom stereocenters. The van der Waals surface area contributed by atoms with Crippen molar-refractivity contribution in [3.05, 3.63) is 29.3 Å². The summed E-state index contributed by atoms with van der Waals surface area (Å²) in [5.74, 6) is 1.78. The Hall–Kier alpha value is -1.79. The second-order valence-electron chi connectivity index (χ2n) is 6.90. The second-order valence-corrected chi connectivity index (χ2v) is 6.90. The van der Waals surface area contributed by atoms with E-state index < -0.39 is 0 Å². The van der Waals surface area contributed by atoms with Crippen molar-refractivity contribution in [2.45, 2.75) is 26.8 Å². The van der Waals surface area contributed by atoms with Crippen LogP contribution in [0.25, 0.3) is 0 Å². The van der Waals surface area contributed by atoms with Crippen LogP contribution < -0.4 is 15.4 Å². The minimum Gasteiger partial charge on any atom is -0.494 e. The van der Waals surface area contributed by atoms with Gasteiger partial charge in [0.25, 0.3) is 0 Å². The van der Waals surface area contributed by atoms with Crippen molar-refractivity contribution in [2.24, 2.45) is 4.99 Å². The fourth-order valence-electron chi connectivity index (χ4n) is 3.15. The van der Waals surface area contributed by atoms with Crippen LogP contribution in [-0.4, -0.2) is 75.7 Å². The quantitative estimate of drug-likeness (QED) is 0.572. The number of aryl methyl sites for hydroxylation is 1. The van der Waals surface area contributed by atoms with Gasteiger partial charge in [-0.1, -0.05) is 12.1 Å². The molecular formula is C20H35N5O. The van der Waals surface area contributed by atoms with E-state index in [1.165, 1.54) is 25.1 Å². The third-order valence-corrected chi connectivity index (χ3v) is 4.72. The van der Waals surface area contributed by atoms with Gasteiger partial charge in [-0.2, -0.15) is 0 Å². The van der Waals surface area contributed by atoms with E-state index in [-0.39, 0.29) is 0 Å². The molecule has 0 unspecified atom stereocenters. The molecule has 2 N–H and O–H groups in total. The maximum atomic E-state index is 5.75. The SMILES string of the molecule is CCOc1cc(C)ccc1CNC(=NC)NCCN1CCCN(C)CC1. The molecule has 1 heterocycles. The number of rotatable bonds is 7. The Bertz CT molecular complexity index is 575. The number of hydrogen-bond acceptors (Lipinski definition) is 4. The summed E-state index contributed by atoms with van der Waals surface area (Å²) in [6.45, 7) is 12.1. The molecule has 6 nitrogen and oxygen atoms in total. The topological polar surface area (TPSA) is 52.1 Å². The Balaban J connectivity index is 1.77. The van der Waals surface area contributed by atoms with E-state index in [9.17, 15) is 0 Å². The first-order chi connectivity index (χ1) is 12.6. The van der Waals surface area contributed by atoms with Crippen molar-refractivity contribution in [3.63, 3.8) is 0 Å². The minimum absolute atomic E-state index is 0.675. The summed E-state index contributed by atoms with van der Waals surface area (Å²) in [5.41, 5.74) is 2.36. The molecule has 0 saturated carbocycles. The zero-order valence-electron chi connectivity index (χ0n) is 16.8. The zero-order valence-corrected chi connectivity index (χ0v) is 16.8. The summed E-state index contributed by atoms with van der Waals surface area (Å²) in [7, 11) is 4.02. The van der Waals surface area contributed by atoms with Gasteiger partial charge in [-0.25, -0.2) is 0 Å². The van der Waals surface area contributed by atoms with Crippen molar-refractivity contribution in [3.8, 4) is 5.75 Å². The molecule has 146 valence electrons. The van der Waals surface area contributed by atoms with Crippen LogP contribution >= 0.6 is 0 Å². The molecule has 0 bridgehead atoms. The Labute approximate surface area is 158 Å². The highest BCUT2D eigenvalue weighted by molar-refractivity contribution is 5.79. The van der Waals surface area contributed by atoms with Crippen LogP contribution in [0.5, 0.6) is 5.75 Å². The Morgan fingerprint density at radius 2 is 2.04 bits per heavy atom. The van der Waals surface area contributed by atoms with Crippen molar-refractivity contribution < 1.29 is 4.74 Å². The van der Waals surface area contributed by atoms with E-state index in [2.05, 4.69) is 57.6 Å². The smallest absolute Gasteiger partial charge is 0.191 e. The molecule has 26 heavy (non-hydrogen) atoms. The summed E-state index contributed by atoms with van der Waals surface area (Å²) in [4.78, 5) is 9.27. The molecule has 2 rings (SSSR count). The van der Waals surface area contributed by atoms with Gasteiger partial charge in [-0.15, -0.1) is 0 Å². The van der Waals surface area contributed by atoms with Gasteiger partial charge in [-0.3, -0.25) is 4.99 Å². The van der Waals surface area contributed by atoms with Crippen LogP contribution in [0, 0.1) is 6.92 Å². The summed E-state index contributed by atoms with van der Waals surface area (Å²) in [5, 5.41) is 6.82. The van der Waals surface area contributed by atoms with Crippen LogP contribution in [-0.2, 0) is 6.54 Å². The van der Waals surface area contributed by atoms with Gasteiger partial charge in [0.2, 0.25) is 0 Å². The van der Waals surface area contributed by atoms with Crippen LogP contribution in [0.15, 0.2) is 23.2 Å². The molecule has 1 saturated heterocycles. The lowest BCUT2D eigenvalue weighted by Crippen LogP contribution is -2.42. The molecule has 6 heteroatoms. The van der Waals surface area contributed by atoms with E-state index >= 15 is 0 Å². The first-order valence-electron chi connectivity index (χ1n) is 9.70. The second kappa shape index (κ2) is 11.0. The van der Waals surface area contributed by atoms with Gasteiger partial charge >= 0.3 is 0 Å².